The molecule has 1 aromatic carbocycles. The van der Waals surface area contributed by atoms with E-state index >= 15 is 0 Å². The lowest BCUT2D eigenvalue weighted by Crippen LogP contribution is -2.34. The van der Waals surface area contributed by atoms with E-state index in [4.69, 9.17) is 0 Å². The van der Waals surface area contributed by atoms with Crippen LogP contribution in [0.3, 0.4) is 0 Å². The first kappa shape index (κ1) is 13.9. The summed E-state index contributed by atoms with van der Waals surface area (Å²) in [5, 5.41) is 0. The molecule has 100 valence electrons. The van der Waals surface area contributed by atoms with Crippen LogP contribution >= 0.6 is 15.9 Å². The highest BCUT2D eigenvalue weighted by molar-refractivity contribution is 9.10. The van der Waals surface area contributed by atoms with Gasteiger partial charge in [0.2, 0.25) is 0 Å². The second-order valence-corrected chi connectivity index (χ2v) is 5.84. The van der Waals surface area contributed by atoms with E-state index in [0.29, 0.717) is 23.1 Å². The summed E-state index contributed by atoms with van der Waals surface area (Å²) in [7, 11) is 0. The molecule has 1 heterocycles. The normalized spacial score (nSPS) is 24.7. The van der Waals surface area contributed by atoms with Gasteiger partial charge in [-0.25, -0.2) is 8.78 Å². The van der Waals surface area contributed by atoms with E-state index in [9.17, 15) is 8.78 Å². The third-order valence-electron chi connectivity index (χ3n) is 3.90. The van der Waals surface area contributed by atoms with E-state index < -0.39 is 11.6 Å². The van der Waals surface area contributed by atoms with Crippen LogP contribution in [0.25, 0.3) is 0 Å². The van der Waals surface area contributed by atoms with Gasteiger partial charge in [-0.2, -0.15) is 0 Å². The Morgan fingerprint density at radius 2 is 2.06 bits per heavy atom. The lowest BCUT2D eigenvalue weighted by atomic mass is 10.1. The van der Waals surface area contributed by atoms with E-state index in [1.165, 1.54) is 12.1 Å². The highest BCUT2D eigenvalue weighted by Crippen LogP contribution is 2.30. The molecule has 1 fully saturated rings. The first-order valence-corrected chi connectivity index (χ1v) is 7.22. The number of hydrogen-bond acceptors (Lipinski definition) is 1. The molecule has 2 unspecified atom stereocenters. The van der Waals surface area contributed by atoms with Gasteiger partial charge in [-0.3, -0.25) is 4.90 Å². The monoisotopic (exact) mass is 317 g/mol. The van der Waals surface area contributed by atoms with E-state index in [-0.39, 0.29) is 5.56 Å². The average Bonchev–Trinajstić information content (AvgIpc) is 2.70. The topological polar surface area (TPSA) is 3.24 Å². The van der Waals surface area contributed by atoms with Crippen LogP contribution in [0.15, 0.2) is 16.6 Å². The molecule has 1 aliphatic rings. The van der Waals surface area contributed by atoms with Crippen LogP contribution in [0.5, 0.6) is 0 Å². The maximum absolute atomic E-state index is 14.0. The number of halogens is 3. The molecule has 18 heavy (non-hydrogen) atoms. The number of nitrogens with zero attached hydrogens (tertiary/aromatic N) is 1. The zero-order valence-corrected chi connectivity index (χ0v) is 12.3. The molecule has 0 spiro atoms. The zero-order chi connectivity index (χ0) is 13.3. The Kier molecular flexibility index (Phi) is 4.38. The number of rotatable bonds is 3. The second kappa shape index (κ2) is 5.66. The predicted molar refractivity (Wildman–Crippen MR) is 72.4 cm³/mol. The van der Waals surface area contributed by atoms with Crippen LogP contribution in [0, 0.1) is 11.6 Å². The fourth-order valence-electron chi connectivity index (χ4n) is 2.75. The summed E-state index contributed by atoms with van der Waals surface area (Å²) in [6.45, 7) is 4.61. The Morgan fingerprint density at radius 3 is 2.72 bits per heavy atom. The van der Waals surface area contributed by atoms with Crippen molar-refractivity contribution in [1.82, 2.24) is 4.90 Å². The molecule has 1 aromatic rings. The van der Waals surface area contributed by atoms with Crippen molar-refractivity contribution in [2.45, 2.75) is 51.7 Å². The fourth-order valence-corrected chi connectivity index (χ4v) is 3.12. The number of likely N-dealkylation sites (tertiary alicyclic amines) is 1. The van der Waals surface area contributed by atoms with Gasteiger partial charge in [-0.15, -0.1) is 0 Å². The molecule has 0 amide bonds. The first-order chi connectivity index (χ1) is 8.54. The molecule has 0 bridgehead atoms. The molecule has 4 heteroatoms. The smallest absolute Gasteiger partial charge is 0.144 e. The highest BCUT2D eigenvalue weighted by atomic mass is 79.9. The second-order valence-electron chi connectivity index (χ2n) is 4.98. The Hall–Kier alpha value is -0.480. The molecule has 1 aliphatic heterocycles. The van der Waals surface area contributed by atoms with Crippen molar-refractivity contribution < 1.29 is 8.78 Å². The predicted octanol–water partition coefficient (Wildman–Crippen LogP) is 4.49. The lowest BCUT2D eigenvalue weighted by molar-refractivity contribution is 0.184. The molecular formula is C14H18BrF2N. The molecule has 2 atom stereocenters. The van der Waals surface area contributed by atoms with Crippen molar-refractivity contribution in [1.29, 1.82) is 0 Å². The van der Waals surface area contributed by atoms with Crippen molar-refractivity contribution in [2.24, 2.45) is 0 Å². The maximum atomic E-state index is 14.0. The van der Waals surface area contributed by atoms with Crippen LogP contribution in [-0.2, 0) is 6.54 Å². The lowest BCUT2D eigenvalue weighted by Gasteiger charge is -2.28. The summed E-state index contributed by atoms with van der Waals surface area (Å²) in [4.78, 5) is 2.22. The molecule has 0 radical (unpaired) electrons. The minimum absolute atomic E-state index is 0.177. The summed E-state index contributed by atoms with van der Waals surface area (Å²) in [6.07, 6.45) is 3.26. The van der Waals surface area contributed by atoms with Crippen LogP contribution in [0.2, 0.25) is 0 Å². The van der Waals surface area contributed by atoms with Crippen LogP contribution in [0.4, 0.5) is 8.78 Å². The minimum Gasteiger partial charge on any atom is -0.293 e. The van der Waals surface area contributed by atoms with Crippen LogP contribution in [-0.4, -0.2) is 17.0 Å². The van der Waals surface area contributed by atoms with Crippen molar-refractivity contribution >= 4 is 15.9 Å². The summed E-state index contributed by atoms with van der Waals surface area (Å²) >= 11 is 3.12. The Balaban J connectivity index is 2.26. The molecule has 1 saturated heterocycles. The van der Waals surface area contributed by atoms with Gasteiger partial charge in [0.05, 0.1) is 4.47 Å². The van der Waals surface area contributed by atoms with Gasteiger partial charge in [0.25, 0.3) is 0 Å². The van der Waals surface area contributed by atoms with Gasteiger partial charge in [-0.05, 0) is 54.2 Å². The van der Waals surface area contributed by atoms with Crippen molar-refractivity contribution in [3.63, 3.8) is 0 Å². The Morgan fingerprint density at radius 1 is 1.33 bits per heavy atom. The Bertz CT molecular complexity index is 436. The van der Waals surface area contributed by atoms with E-state index in [0.717, 1.165) is 19.3 Å². The Labute approximate surface area is 115 Å². The fraction of sp³-hybridized carbons (Fsp3) is 0.571. The van der Waals surface area contributed by atoms with Crippen molar-refractivity contribution in [2.75, 3.05) is 0 Å². The average molecular weight is 318 g/mol. The van der Waals surface area contributed by atoms with Gasteiger partial charge in [0.1, 0.15) is 11.6 Å². The summed E-state index contributed by atoms with van der Waals surface area (Å²) in [5.74, 6) is -0.923. The molecule has 0 aliphatic carbocycles. The molecule has 0 aromatic heterocycles. The molecular weight excluding hydrogens is 300 g/mol. The van der Waals surface area contributed by atoms with Gasteiger partial charge in [-0.1, -0.05) is 6.92 Å². The summed E-state index contributed by atoms with van der Waals surface area (Å²) in [6, 6.07) is 3.58. The third-order valence-corrected chi connectivity index (χ3v) is 4.52. The number of hydrogen-bond donors (Lipinski definition) is 0. The molecule has 0 N–H and O–H groups in total. The highest BCUT2D eigenvalue weighted by Gasteiger charge is 2.30. The summed E-state index contributed by atoms with van der Waals surface area (Å²) in [5.41, 5.74) is 0.177. The molecule has 0 saturated carbocycles. The van der Waals surface area contributed by atoms with Gasteiger partial charge < -0.3 is 0 Å². The standard InChI is InChI=1S/C14H18BrF2N/c1-3-10-5-4-9(2)18(10)8-11-13(16)7-6-12(15)14(11)17/h6-7,9-10H,3-5,8H2,1-2H3. The van der Waals surface area contributed by atoms with E-state index in [1.54, 1.807) is 0 Å². The van der Waals surface area contributed by atoms with Crippen molar-refractivity contribution in [3.05, 3.63) is 33.8 Å². The van der Waals surface area contributed by atoms with Gasteiger partial charge in [0, 0.05) is 24.2 Å². The van der Waals surface area contributed by atoms with E-state index in [2.05, 4.69) is 34.7 Å². The zero-order valence-electron chi connectivity index (χ0n) is 10.7. The van der Waals surface area contributed by atoms with Gasteiger partial charge >= 0.3 is 0 Å². The quantitative estimate of drug-likeness (QED) is 0.742. The van der Waals surface area contributed by atoms with E-state index in [1.807, 2.05) is 0 Å². The third kappa shape index (κ3) is 2.59. The SMILES string of the molecule is CCC1CCC(C)N1Cc1c(F)ccc(Br)c1F. The largest absolute Gasteiger partial charge is 0.293 e. The molecule has 1 nitrogen and oxygen atoms in total. The van der Waals surface area contributed by atoms with Gasteiger partial charge in [0.15, 0.2) is 0 Å². The van der Waals surface area contributed by atoms with Crippen molar-refractivity contribution in [3.8, 4) is 0 Å². The minimum atomic E-state index is -0.469. The molecule has 2 rings (SSSR count). The first-order valence-electron chi connectivity index (χ1n) is 6.42. The number of benzene rings is 1. The summed E-state index contributed by atoms with van der Waals surface area (Å²) < 4.78 is 28.0. The maximum Gasteiger partial charge on any atom is 0.144 e. The van der Waals surface area contributed by atoms with Crippen LogP contribution in [0.1, 0.15) is 38.7 Å². The van der Waals surface area contributed by atoms with Crippen LogP contribution < -0.4 is 0 Å².